The van der Waals surface area contributed by atoms with Crippen molar-refractivity contribution in [2.75, 3.05) is 11.9 Å². The number of aromatic nitrogens is 3. The van der Waals surface area contributed by atoms with Crippen LogP contribution in [0.15, 0.2) is 36.7 Å². The summed E-state index contributed by atoms with van der Waals surface area (Å²) in [5.41, 5.74) is 1.40. The molecule has 3 aromatic rings. The highest BCUT2D eigenvalue weighted by molar-refractivity contribution is 5.95. The highest BCUT2D eigenvalue weighted by atomic mass is 19.1. The fourth-order valence-corrected chi connectivity index (χ4v) is 2.48. The molecule has 0 saturated carbocycles. The largest absolute Gasteiger partial charge is 0.482 e. The molecule has 0 radical (unpaired) electrons. The van der Waals surface area contributed by atoms with Gasteiger partial charge in [0, 0.05) is 12.7 Å². The molecule has 0 bridgehead atoms. The number of hydrogen-bond acceptors (Lipinski definition) is 5. The van der Waals surface area contributed by atoms with Gasteiger partial charge in [-0.15, -0.1) is 0 Å². The minimum atomic E-state index is -0.597. The first-order valence-electron chi connectivity index (χ1n) is 7.44. The normalized spacial score (nSPS) is 13.1. The van der Waals surface area contributed by atoms with Gasteiger partial charge in [-0.3, -0.25) is 9.59 Å². The van der Waals surface area contributed by atoms with Gasteiger partial charge in [0.15, 0.2) is 18.1 Å². The van der Waals surface area contributed by atoms with Gasteiger partial charge in [0.1, 0.15) is 11.4 Å². The van der Waals surface area contributed by atoms with Crippen LogP contribution in [0, 0.1) is 5.82 Å². The molecular weight excluding hydrogens is 329 g/mol. The van der Waals surface area contributed by atoms with Crippen LogP contribution in [0.4, 0.5) is 10.1 Å². The van der Waals surface area contributed by atoms with Gasteiger partial charge in [0.05, 0.1) is 11.9 Å². The molecule has 3 heterocycles. The maximum atomic E-state index is 13.5. The Bertz CT molecular complexity index is 1000. The number of nitrogens with one attached hydrogen (secondary N) is 2. The van der Waals surface area contributed by atoms with Crippen molar-refractivity contribution in [2.45, 2.75) is 6.54 Å². The number of halogens is 1. The number of fused-ring (bicyclic) bond motifs is 2. The Morgan fingerprint density at radius 3 is 3.16 bits per heavy atom. The lowest BCUT2D eigenvalue weighted by Crippen LogP contribution is -2.26. The van der Waals surface area contributed by atoms with Crippen molar-refractivity contribution in [2.24, 2.45) is 0 Å². The number of carbonyl (C=O) groups is 2. The monoisotopic (exact) mass is 341 g/mol. The molecule has 126 valence electrons. The van der Waals surface area contributed by atoms with E-state index in [9.17, 15) is 14.0 Å². The summed E-state index contributed by atoms with van der Waals surface area (Å²) in [5, 5.41) is 9.17. The third-order valence-electron chi connectivity index (χ3n) is 3.69. The first-order valence-corrected chi connectivity index (χ1v) is 7.44. The number of amides is 2. The molecule has 2 aromatic heterocycles. The molecule has 2 amide bonds. The Balaban J connectivity index is 1.48. The van der Waals surface area contributed by atoms with Gasteiger partial charge < -0.3 is 15.4 Å². The second-order valence-electron chi connectivity index (χ2n) is 5.42. The van der Waals surface area contributed by atoms with E-state index in [1.807, 2.05) is 0 Å². The van der Waals surface area contributed by atoms with E-state index < -0.39 is 11.7 Å². The molecule has 1 aliphatic rings. The fraction of sp³-hybridized carbons (Fsp3) is 0.125. The number of hydrogen-bond donors (Lipinski definition) is 2. The van der Waals surface area contributed by atoms with Gasteiger partial charge in [0.25, 0.3) is 11.8 Å². The molecular formula is C16H12FN5O3. The van der Waals surface area contributed by atoms with E-state index in [2.05, 4.69) is 20.7 Å². The topological polar surface area (TPSA) is 97.6 Å². The molecule has 0 saturated heterocycles. The van der Waals surface area contributed by atoms with Crippen molar-refractivity contribution in [3.05, 3.63) is 53.7 Å². The molecule has 9 heteroatoms. The van der Waals surface area contributed by atoms with Crippen LogP contribution in [-0.4, -0.2) is 33.0 Å². The maximum absolute atomic E-state index is 13.5. The van der Waals surface area contributed by atoms with Crippen molar-refractivity contribution in [1.29, 1.82) is 0 Å². The number of benzene rings is 1. The lowest BCUT2D eigenvalue weighted by Gasteiger charge is -2.18. The summed E-state index contributed by atoms with van der Waals surface area (Å²) in [6.07, 6.45) is 2.50. The van der Waals surface area contributed by atoms with E-state index in [1.165, 1.54) is 16.8 Å². The predicted octanol–water partition coefficient (Wildman–Crippen LogP) is 1.13. The zero-order valence-corrected chi connectivity index (χ0v) is 12.8. The zero-order chi connectivity index (χ0) is 17.4. The van der Waals surface area contributed by atoms with E-state index in [0.717, 1.165) is 11.8 Å². The molecule has 0 aliphatic carbocycles. The van der Waals surface area contributed by atoms with E-state index in [-0.39, 0.29) is 30.4 Å². The average Bonchev–Trinajstić information content (AvgIpc) is 2.99. The van der Waals surface area contributed by atoms with Crippen LogP contribution >= 0.6 is 0 Å². The lowest BCUT2D eigenvalue weighted by atomic mass is 10.1. The minimum Gasteiger partial charge on any atom is -0.482 e. The highest BCUT2D eigenvalue weighted by Gasteiger charge is 2.16. The van der Waals surface area contributed by atoms with Gasteiger partial charge >= 0.3 is 0 Å². The van der Waals surface area contributed by atoms with Crippen LogP contribution in [0.2, 0.25) is 0 Å². The Labute approximate surface area is 140 Å². The van der Waals surface area contributed by atoms with E-state index in [4.69, 9.17) is 4.74 Å². The van der Waals surface area contributed by atoms with Gasteiger partial charge in [-0.1, -0.05) is 6.07 Å². The van der Waals surface area contributed by atoms with Crippen LogP contribution in [0.25, 0.3) is 5.65 Å². The summed E-state index contributed by atoms with van der Waals surface area (Å²) in [6.45, 7) is 0.207. The van der Waals surface area contributed by atoms with Gasteiger partial charge in [-0.05, 0) is 23.8 Å². The molecule has 25 heavy (non-hydrogen) atoms. The number of anilines is 1. The number of ether oxygens (including phenoxy) is 1. The van der Waals surface area contributed by atoms with E-state index >= 15 is 0 Å². The van der Waals surface area contributed by atoms with Gasteiger partial charge in [-0.25, -0.2) is 13.9 Å². The first-order chi connectivity index (χ1) is 12.1. The number of rotatable bonds is 3. The Hall–Kier alpha value is -3.49. The summed E-state index contributed by atoms with van der Waals surface area (Å²) in [7, 11) is 0. The smallest absolute Gasteiger partial charge is 0.270 e. The Morgan fingerprint density at radius 1 is 1.40 bits per heavy atom. The molecule has 0 spiro atoms. The van der Waals surface area contributed by atoms with Crippen LogP contribution in [0.5, 0.6) is 5.75 Å². The SMILES string of the molecule is O=C1COc2ccc(CNC(=O)c3ccn4ncc(F)c4n3)cc2N1. The molecule has 4 rings (SSSR count). The van der Waals surface area contributed by atoms with Crippen molar-refractivity contribution >= 4 is 23.1 Å². The standard InChI is InChI=1S/C16H12FN5O3/c17-10-7-19-22-4-3-11(21-15(10)22)16(24)18-6-9-1-2-13-12(5-9)20-14(23)8-25-13/h1-5,7H,6,8H2,(H,18,24)(H,20,23). The van der Waals surface area contributed by atoms with Crippen molar-refractivity contribution in [3.8, 4) is 5.75 Å². The quantitative estimate of drug-likeness (QED) is 0.744. The van der Waals surface area contributed by atoms with Gasteiger partial charge in [-0.2, -0.15) is 5.10 Å². The maximum Gasteiger partial charge on any atom is 0.270 e. The Kier molecular flexibility index (Phi) is 3.53. The molecule has 0 atom stereocenters. The van der Waals surface area contributed by atoms with E-state index in [0.29, 0.717) is 11.4 Å². The summed E-state index contributed by atoms with van der Waals surface area (Å²) in [5.74, 6) is -0.687. The summed E-state index contributed by atoms with van der Waals surface area (Å²) in [4.78, 5) is 27.5. The summed E-state index contributed by atoms with van der Waals surface area (Å²) >= 11 is 0. The van der Waals surface area contributed by atoms with Crippen LogP contribution in [-0.2, 0) is 11.3 Å². The number of carbonyl (C=O) groups excluding carboxylic acids is 2. The summed E-state index contributed by atoms with van der Waals surface area (Å²) in [6, 6.07) is 6.68. The second kappa shape index (κ2) is 5.86. The zero-order valence-electron chi connectivity index (χ0n) is 12.8. The highest BCUT2D eigenvalue weighted by Crippen LogP contribution is 2.28. The minimum absolute atomic E-state index is 0.0115. The molecule has 0 fully saturated rings. The third kappa shape index (κ3) is 2.87. The lowest BCUT2D eigenvalue weighted by molar-refractivity contribution is -0.118. The predicted molar refractivity (Wildman–Crippen MR) is 84.7 cm³/mol. The van der Waals surface area contributed by atoms with Gasteiger partial charge in [0.2, 0.25) is 0 Å². The third-order valence-corrected chi connectivity index (χ3v) is 3.69. The molecule has 8 nitrogen and oxygen atoms in total. The van der Waals surface area contributed by atoms with Crippen LogP contribution in [0.3, 0.4) is 0 Å². The molecule has 1 aromatic carbocycles. The van der Waals surface area contributed by atoms with Crippen molar-refractivity contribution in [1.82, 2.24) is 19.9 Å². The van der Waals surface area contributed by atoms with Crippen molar-refractivity contribution in [3.63, 3.8) is 0 Å². The second-order valence-corrected chi connectivity index (χ2v) is 5.42. The molecule has 0 unspecified atom stereocenters. The van der Waals surface area contributed by atoms with E-state index in [1.54, 1.807) is 18.2 Å². The number of nitrogens with zero attached hydrogens (tertiary/aromatic N) is 3. The molecule has 1 aliphatic heterocycles. The van der Waals surface area contributed by atoms with Crippen LogP contribution < -0.4 is 15.4 Å². The van der Waals surface area contributed by atoms with Crippen LogP contribution in [0.1, 0.15) is 16.1 Å². The first kappa shape index (κ1) is 15.1. The van der Waals surface area contributed by atoms with Crippen molar-refractivity contribution < 1.29 is 18.7 Å². The Morgan fingerprint density at radius 2 is 2.28 bits per heavy atom. The fourth-order valence-electron chi connectivity index (χ4n) is 2.48. The average molecular weight is 341 g/mol. The summed E-state index contributed by atoms with van der Waals surface area (Å²) < 4.78 is 20.0. The molecule has 2 N–H and O–H groups in total.